The van der Waals surface area contributed by atoms with Crippen LogP contribution in [-0.4, -0.2) is 19.3 Å². The van der Waals surface area contributed by atoms with Crippen LogP contribution in [0.4, 0.5) is 0 Å². The monoisotopic (exact) mass is 124 g/mol. The molecule has 0 saturated carbocycles. The van der Waals surface area contributed by atoms with Gasteiger partial charge in [-0.2, -0.15) is 0 Å². The summed E-state index contributed by atoms with van der Waals surface area (Å²) in [6.07, 6.45) is 5.52. The summed E-state index contributed by atoms with van der Waals surface area (Å²) in [4.78, 5) is 0. The zero-order chi connectivity index (χ0) is 6.53. The zero-order valence-electron chi connectivity index (χ0n) is 5.48. The molecule has 1 aliphatic rings. The van der Waals surface area contributed by atoms with Crippen LogP contribution in [0.1, 0.15) is 12.8 Å². The largest absolute Gasteiger partial charge is 0.316 e. The summed E-state index contributed by atoms with van der Waals surface area (Å²) in [5, 5.41) is 10.1. The Labute approximate surface area is 55.5 Å². The molecule has 0 spiro atoms. The first-order valence-electron chi connectivity index (χ1n) is 3.32. The van der Waals surface area contributed by atoms with Gasteiger partial charge in [-0.3, -0.25) is 0 Å². The molecule has 1 aliphatic heterocycles. The summed E-state index contributed by atoms with van der Waals surface area (Å²) in [5.74, 6) is 0. The zero-order valence-corrected chi connectivity index (χ0v) is 5.48. The number of allylic oxidation sites excluding steroid dienone is 1. The van der Waals surface area contributed by atoms with Crippen LogP contribution in [0, 0.1) is 5.41 Å². The molecule has 0 radical (unpaired) electrons. The minimum Gasteiger partial charge on any atom is -0.316 e. The van der Waals surface area contributed by atoms with Crippen molar-refractivity contribution in [3.05, 3.63) is 11.6 Å². The van der Waals surface area contributed by atoms with Gasteiger partial charge in [-0.05, 0) is 32.0 Å². The lowest BCUT2D eigenvalue weighted by Gasteiger charge is -2.13. The third-order valence-electron chi connectivity index (χ3n) is 1.56. The predicted octanol–water partition coefficient (Wildman–Crippen LogP) is 0.946. The molecule has 1 heterocycles. The van der Waals surface area contributed by atoms with Crippen LogP contribution in [0.15, 0.2) is 11.6 Å². The summed E-state index contributed by atoms with van der Waals surface area (Å²) in [6.45, 7) is 2.17. The summed E-state index contributed by atoms with van der Waals surface area (Å²) < 4.78 is 0. The highest BCUT2D eigenvalue weighted by Crippen LogP contribution is 2.07. The summed E-state index contributed by atoms with van der Waals surface area (Å²) >= 11 is 0. The van der Waals surface area contributed by atoms with Crippen LogP contribution in [0.3, 0.4) is 0 Å². The lowest BCUT2D eigenvalue weighted by atomic mass is 10.1. The molecule has 1 fully saturated rings. The maximum absolute atomic E-state index is 6.82. The van der Waals surface area contributed by atoms with Crippen molar-refractivity contribution in [2.45, 2.75) is 12.8 Å². The Kier molecular flexibility index (Phi) is 2.46. The molecule has 0 aromatic rings. The van der Waals surface area contributed by atoms with Crippen molar-refractivity contribution < 1.29 is 0 Å². The van der Waals surface area contributed by atoms with Crippen LogP contribution in [0.2, 0.25) is 0 Å². The number of piperidine rings is 1. The van der Waals surface area contributed by atoms with Crippen LogP contribution < -0.4 is 5.32 Å². The quantitative estimate of drug-likeness (QED) is 0.501. The van der Waals surface area contributed by atoms with Crippen LogP contribution in [-0.2, 0) is 0 Å². The second kappa shape index (κ2) is 3.41. The first-order chi connectivity index (χ1) is 4.43. The average Bonchev–Trinajstić information content (AvgIpc) is 1.91. The van der Waals surface area contributed by atoms with Crippen LogP contribution >= 0.6 is 0 Å². The van der Waals surface area contributed by atoms with Gasteiger partial charge in [-0.1, -0.05) is 5.57 Å². The molecular formula is C7H12N2. The lowest BCUT2D eigenvalue weighted by Crippen LogP contribution is -2.23. The van der Waals surface area contributed by atoms with Crippen LogP contribution in [0.25, 0.3) is 0 Å². The van der Waals surface area contributed by atoms with Gasteiger partial charge in [0.05, 0.1) is 0 Å². The molecule has 0 aromatic heterocycles. The fourth-order valence-electron chi connectivity index (χ4n) is 1.03. The summed E-state index contributed by atoms with van der Waals surface area (Å²) in [6, 6.07) is 0. The van der Waals surface area contributed by atoms with E-state index in [-0.39, 0.29) is 0 Å². The van der Waals surface area contributed by atoms with Crippen molar-refractivity contribution in [3.8, 4) is 0 Å². The molecule has 0 atom stereocenters. The van der Waals surface area contributed by atoms with Gasteiger partial charge in [0.25, 0.3) is 0 Å². The fraction of sp³-hybridized carbons (Fsp3) is 0.571. The molecule has 0 aromatic carbocycles. The van der Waals surface area contributed by atoms with E-state index >= 15 is 0 Å². The van der Waals surface area contributed by atoms with Gasteiger partial charge in [0, 0.05) is 6.21 Å². The molecular weight excluding hydrogens is 112 g/mol. The normalized spacial score (nSPS) is 19.3. The van der Waals surface area contributed by atoms with Gasteiger partial charge in [-0.25, -0.2) is 0 Å². The molecule has 0 bridgehead atoms. The Bertz CT molecular complexity index is 119. The molecule has 0 unspecified atom stereocenters. The van der Waals surface area contributed by atoms with E-state index in [1.807, 2.05) is 6.08 Å². The molecule has 2 nitrogen and oxygen atoms in total. The van der Waals surface area contributed by atoms with Gasteiger partial charge in [0.1, 0.15) is 0 Å². The molecule has 0 aliphatic carbocycles. The number of nitrogens with one attached hydrogen (secondary N) is 2. The summed E-state index contributed by atoms with van der Waals surface area (Å²) in [7, 11) is 0. The van der Waals surface area contributed by atoms with Gasteiger partial charge in [0.2, 0.25) is 0 Å². The molecule has 2 heteroatoms. The van der Waals surface area contributed by atoms with Crippen LogP contribution in [0.5, 0.6) is 0 Å². The minimum absolute atomic E-state index is 1.08. The minimum atomic E-state index is 1.08. The first kappa shape index (κ1) is 6.49. The van der Waals surface area contributed by atoms with Crippen molar-refractivity contribution in [1.82, 2.24) is 5.32 Å². The van der Waals surface area contributed by atoms with Crippen molar-refractivity contribution in [2.24, 2.45) is 0 Å². The van der Waals surface area contributed by atoms with Crippen molar-refractivity contribution in [1.29, 1.82) is 5.41 Å². The standard InChI is InChI=1S/C7H12N2/c8-4-1-7-2-5-9-6-3-7/h1,4,8-9H,2-3,5-6H2. The average molecular weight is 124 g/mol. The molecule has 2 N–H and O–H groups in total. The highest BCUT2D eigenvalue weighted by atomic mass is 14.9. The molecule has 0 amide bonds. The maximum atomic E-state index is 6.82. The topological polar surface area (TPSA) is 35.9 Å². The Morgan fingerprint density at radius 1 is 1.33 bits per heavy atom. The molecule has 1 saturated heterocycles. The highest BCUT2D eigenvalue weighted by Gasteiger charge is 2.01. The smallest absolute Gasteiger partial charge is 0.0177 e. The molecule has 1 rings (SSSR count). The van der Waals surface area contributed by atoms with Gasteiger partial charge in [-0.15, -0.1) is 0 Å². The first-order valence-corrected chi connectivity index (χ1v) is 3.32. The molecule has 50 valence electrons. The SMILES string of the molecule is N=CC=C1CCNCC1. The van der Waals surface area contributed by atoms with E-state index in [9.17, 15) is 0 Å². The Morgan fingerprint density at radius 2 is 2.00 bits per heavy atom. The predicted molar refractivity (Wildman–Crippen MR) is 39.0 cm³/mol. The van der Waals surface area contributed by atoms with Crippen molar-refractivity contribution >= 4 is 6.21 Å². The van der Waals surface area contributed by atoms with Gasteiger partial charge < -0.3 is 10.7 Å². The molecule has 9 heavy (non-hydrogen) atoms. The van der Waals surface area contributed by atoms with Gasteiger partial charge >= 0.3 is 0 Å². The lowest BCUT2D eigenvalue weighted by molar-refractivity contribution is 0.610. The van der Waals surface area contributed by atoms with E-state index < -0.39 is 0 Å². The third-order valence-corrected chi connectivity index (χ3v) is 1.56. The number of hydrogen-bond acceptors (Lipinski definition) is 2. The Morgan fingerprint density at radius 3 is 2.56 bits per heavy atom. The Balaban J connectivity index is 2.39. The van der Waals surface area contributed by atoms with E-state index in [0.29, 0.717) is 0 Å². The summed E-state index contributed by atoms with van der Waals surface area (Å²) in [5.41, 5.74) is 1.41. The maximum Gasteiger partial charge on any atom is 0.0177 e. The Hall–Kier alpha value is -0.630. The number of rotatable bonds is 1. The third kappa shape index (κ3) is 1.98. The second-order valence-corrected chi connectivity index (χ2v) is 2.24. The van der Waals surface area contributed by atoms with E-state index in [4.69, 9.17) is 5.41 Å². The fourth-order valence-corrected chi connectivity index (χ4v) is 1.03. The van der Waals surface area contributed by atoms with Crippen molar-refractivity contribution in [2.75, 3.05) is 13.1 Å². The number of hydrogen-bond donors (Lipinski definition) is 2. The van der Waals surface area contributed by atoms with E-state index in [1.165, 1.54) is 11.8 Å². The van der Waals surface area contributed by atoms with Gasteiger partial charge in [0.15, 0.2) is 0 Å². The second-order valence-electron chi connectivity index (χ2n) is 2.24. The van der Waals surface area contributed by atoms with E-state index in [1.54, 1.807) is 0 Å². The van der Waals surface area contributed by atoms with E-state index in [0.717, 1.165) is 25.9 Å². The van der Waals surface area contributed by atoms with E-state index in [2.05, 4.69) is 5.32 Å². The highest BCUT2D eigenvalue weighted by molar-refractivity contribution is 5.68. The van der Waals surface area contributed by atoms with Crippen molar-refractivity contribution in [3.63, 3.8) is 0 Å².